The molecule has 0 aliphatic heterocycles. The summed E-state index contributed by atoms with van der Waals surface area (Å²) in [5.41, 5.74) is 5.70. The van der Waals surface area contributed by atoms with E-state index < -0.39 is 0 Å². The van der Waals surface area contributed by atoms with Crippen LogP contribution in [0.1, 0.15) is 27.2 Å². The maximum Gasteiger partial charge on any atom is 0.270 e. The van der Waals surface area contributed by atoms with Crippen molar-refractivity contribution >= 4 is 17.3 Å². The number of aromatic nitrogens is 1. The summed E-state index contributed by atoms with van der Waals surface area (Å²) in [6.45, 7) is 4.58. The van der Waals surface area contributed by atoms with Gasteiger partial charge in [0.2, 0.25) is 0 Å². The third-order valence-electron chi connectivity index (χ3n) is 3.88. The van der Waals surface area contributed by atoms with E-state index in [1.807, 2.05) is 62.4 Å². The number of amides is 1. The Bertz CT molecular complexity index is 855. The van der Waals surface area contributed by atoms with Crippen LogP contribution in [0, 0.1) is 13.8 Å². The van der Waals surface area contributed by atoms with Crippen LogP contribution in [0.2, 0.25) is 0 Å². The van der Waals surface area contributed by atoms with Gasteiger partial charge in [0.15, 0.2) is 0 Å². The molecule has 25 heavy (non-hydrogen) atoms. The van der Waals surface area contributed by atoms with Gasteiger partial charge < -0.3 is 10.6 Å². The zero-order valence-electron chi connectivity index (χ0n) is 14.4. The Morgan fingerprint density at radius 2 is 1.72 bits per heavy atom. The first-order valence-corrected chi connectivity index (χ1v) is 8.24. The summed E-state index contributed by atoms with van der Waals surface area (Å²) in [5, 5.41) is 6.17. The molecule has 0 radical (unpaired) electrons. The molecule has 0 aliphatic rings. The van der Waals surface area contributed by atoms with Crippen LogP contribution in [-0.2, 0) is 6.54 Å². The molecule has 0 unspecified atom stereocenters. The van der Waals surface area contributed by atoms with Gasteiger partial charge in [-0.15, -0.1) is 0 Å². The number of nitrogens with zero attached hydrogens (tertiary/aromatic N) is 1. The number of anilines is 2. The number of hydrogen-bond donors (Lipinski definition) is 2. The Morgan fingerprint density at radius 3 is 2.40 bits per heavy atom. The van der Waals surface area contributed by atoms with Crippen LogP contribution in [0.25, 0.3) is 0 Å². The van der Waals surface area contributed by atoms with Crippen LogP contribution in [-0.4, -0.2) is 10.9 Å². The van der Waals surface area contributed by atoms with Crippen molar-refractivity contribution in [3.63, 3.8) is 0 Å². The minimum absolute atomic E-state index is 0.178. The maximum atomic E-state index is 12.2. The highest BCUT2D eigenvalue weighted by molar-refractivity contribution is 5.92. The minimum Gasteiger partial charge on any atom is -0.354 e. The van der Waals surface area contributed by atoms with E-state index in [-0.39, 0.29) is 5.91 Å². The van der Waals surface area contributed by atoms with Crippen molar-refractivity contribution in [3.05, 3.63) is 89.2 Å². The topological polar surface area (TPSA) is 54.0 Å². The molecular formula is C21H21N3O. The summed E-state index contributed by atoms with van der Waals surface area (Å²) in [7, 11) is 0. The Hall–Kier alpha value is -3.14. The van der Waals surface area contributed by atoms with Crippen molar-refractivity contribution in [1.82, 2.24) is 10.3 Å². The molecule has 4 heteroatoms. The second-order valence-corrected chi connectivity index (χ2v) is 6.09. The molecule has 0 fully saturated rings. The van der Waals surface area contributed by atoms with E-state index in [0.717, 1.165) is 16.9 Å². The normalized spacial score (nSPS) is 10.3. The van der Waals surface area contributed by atoms with Crippen LogP contribution in [0.3, 0.4) is 0 Å². The lowest BCUT2D eigenvalue weighted by molar-refractivity contribution is 0.0946. The number of benzene rings is 2. The molecule has 1 aromatic heterocycles. The van der Waals surface area contributed by atoms with E-state index in [1.165, 1.54) is 11.1 Å². The molecule has 0 saturated heterocycles. The number of aryl methyl sites for hydroxylation is 2. The van der Waals surface area contributed by atoms with Crippen LogP contribution in [0.5, 0.6) is 0 Å². The van der Waals surface area contributed by atoms with Gasteiger partial charge >= 0.3 is 0 Å². The lowest BCUT2D eigenvalue weighted by atomic mass is 10.1. The third-order valence-corrected chi connectivity index (χ3v) is 3.88. The molecular weight excluding hydrogens is 310 g/mol. The van der Waals surface area contributed by atoms with E-state index in [9.17, 15) is 4.79 Å². The smallest absolute Gasteiger partial charge is 0.270 e. The van der Waals surface area contributed by atoms with Gasteiger partial charge in [0.1, 0.15) is 5.69 Å². The van der Waals surface area contributed by atoms with Gasteiger partial charge in [-0.25, -0.2) is 4.98 Å². The van der Waals surface area contributed by atoms with Crippen LogP contribution >= 0.6 is 0 Å². The van der Waals surface area contributed by atoms with E-state index in [2.05, 4.69) is 21.7 Å². The van der Waals surface area contributed by atoms with Gasteiger partial charge in [0.25, 0.3) is 5.91 Å². The minimum atomic E-state index is -0.178. The summed E-state index contributed by atoms with van der Waals surface area (Å²) < 4.78 is 0. The fourth-order valence-corrected chi connectivity index (χ4v) is 2.47. The summed E-state index contributed by atoms with van der Waals surface area (Å²) in [4.78, 5) is 16.5. The maximum absolute atomic E-state index is 12.2. The van der Waals surface area contributed by atoms with Gasteiger partial charge in [0, 0.05) is 12.2 Å². The number of hydrogen-bond acceptors (Lipinski definition) is 3. The number of carbonyl (C=O) groups is 1. The highest BCUT2D eigenvalue weighted by Gasteiger charge is 2.07. The lowest BCUT2D eigenvalue weighted by Crippen LogP contribution is -2.23. The van der Waals surface area contributed by atoms with E-state index in [0.29, 0.717) is 12.2 Å². The first kappa shape index (κ1) is 16.7. The van der Waals surface area contributed by atoms with Crippen LogP contribution in [0.4, 0.5) is 11.4 Å². The summed E-state index contributed by atoms with van der Waals surface area (Å²) in [6.07, 6.45) is 1.67. The predicted molar refractivity (Wildman–Crippen MR) is 101 cm³/mol. The number of rotatable bonds is 5. The number of carbonyl (C=O) groups excluding carboxylic acids is 1. The molecule has 1 heterocycles. The number of nitrogens with one attached hydrogen (secondary N) is 2. The van der Waals surface area contributed by atoms with Crippen molar-refractivity contribution in [2.24, 2.45) is 0 Å². The molecule has 126 valence electrons. The predicted octanol–water partition coefficient (Wildman–Crippen LogP) is 4.37. The van der Waals surface area contributed by atoms with Gasteiger partial charge in [-0.1, -0.05) is 42.0 Å². The molecule has 3 rings (SSSR count). The first-order valence-electron chi connectivity index (χ1n) is 8.24. The SMILES string of the molecule is Cc1ccc(CNC(=O)c2ccc(Nc3cccc(C)c3)cn2)cc1. The highest BCUT2D eigenvalue weighted by atomic mass is 16.1. The second kappa shape index (κ2) is 7.62. The molecule has 0 saturated carbocycles. The number of pyridine rings is 1. The molecule has 4 nitrogen and oxygen atoms in total. The van der Waals surface area contributed by atoms with Gasteiger partial charge in [-0.05, 0) is 49.2 Å². The van der Waals surface area contributed by atoms with Gasteiger partial charge in [0.05, 0.1) is 11.9 Å². The third kappa shape index (κ3) is 4.67. The standard InChI is InChI=1S/C21H21N3O/c1-15-6-8-17(9-7-15)13-23-21(25)20-11-10-19(14-22-20)24-18-5-3-4-16(2)12-18/h3-12,14,24H,13H2,1-2H3,(H,23,25). The van der Waals surface area contributed by atoms with Crippen molar-refractivity contribution in [2.45, 2.75) is 20.4 Å². The highest BCUT2D eigenvalue weighted by Crippen LogP contribution is 2.17. The Morgan fingerprint density at radius 1 is 0.920 bits per heavy atom. The molecule has 0 atom stereocenters. The zero-order valence-corrected chi connectivity index (χ0v) is 14.4. The zero-order chi connectivity index (χ0) is 17.6. The molecule has 1 amide bonds. The van der Waals surface area contributed by atoms with Crippen molar-refractivity contribution in [2.75, 3.05) is 5.32 Å². The average molecular weight is 331 g/mol. The summed E-state index contributed by atoms with van der Waals surface area (Å²) in [6, 6.07) is 19.8. The monoisotopic (exact) mass is 331 g/mol. The lowest BCUT2D eigenvalue weighted by Gasteiger charge is -2.08. The van der Waals surface area contributed by atoms with Gasteiger partial charge in [-0.3, -0.25) is 4.79 Å². The quantitative estimate of drug-likeness (QED) is 0.730. The molecule has 3 aromatic rings. The van der Waals surface area contributed by atoms with Crippen LogP contribution in [0.15, 0.2) is 66.9 Å². The van der Waals surface area contributed by atoms with Crippen molar-refractivity contribution in [3.8, 4) is 0 Å². The average Bonchev–Trinajstić information content (AvgIpc) is 2.62. The fourth-order valence-electron chi connectivity index (χ4n) is 2.47. The Labute approximate surface area is 147 Å². The first-order chi connectivity index (χ1) is 12.1. The largest absolute Gasteiger partial charge is 0.354 e. The van der Waals surface area contributed by atoms with Gasteiger partial charge in [-0.2, -0.15) is 0 Å². The van der Waals surface area contributed by atoms with E-state index in [4.69, 9.17) is 0 Å². The molecule has 0 bridgehead atoms. The summed E-state index contributed by atoms with van der Waals surface area (Å²) >= 11 is 0. The Balaban J connectivity index is 1.59. The Kier molecular flexibility index (Phi) is 5.09. The molecule has 2 N–H and O–H groups in total. The fraction of sp³-hybridized carbons (Fsp3) is 0.143. The second-order valence-electron chi connectivity index (χ2n) is 6.09. The van der Waals surface area contributed by atoms with Crippen molar-refractivity contribution < 1.29 is 4.79 Å². The van der Waals surface area contributed by atoms with Crippen molar-refractivity contribution in [1.29, 1.82) is 0 Å². The molecule has 0 aliphatic carbocycles. The molecule has 2 aromatic carbocycles. The summed E-state index contributed by atoms with van der Waals surface area (Å²) in [5.74, 6) is -0.178. The van der Waals surface area contributed by atoms with E-state index >= 15 is 0 Å². The van der Waals surface area contributed by atoms with E-state index in [1.54, 1.807) is 12.3 Å². The molecule has 0 spiro atoms. The van der Waals surface area contributed by atoms with Crippen LogP contribution < -0.4 is 10.6 Å².